The highest BCUT2D eigenvalue weighted by molar-refractivity contribution is 5.87. The predicted molar refractivity (Wildman–Crippen MR) is 103 cm³/mol. The van der Waals surface area contributed by atoms with Crippen LogP contribution in [0.25, 0.3) is 6.08 Å². The number of benzene rings is 1. The second-order valence-electron chi connectivity index (χ2n) is 8.44. The zero-order chi connectivity index (χ0) is 20.0. The van der Waals surface area contributed by atoms with Crippen LogP contribution in [0.4, 0.5) is 0 Å². The summed E-state index contributed by atoms with van der Waals surface area (Å²) in [7, 11) is 0. The maximum Gasteiger partial charge on any atom is 0.327 e. The van der Waals surface area contributed by atoms with E-state index in [2.05, 4.69) is 0 Å². The summed E-state index contributed by atoms with van der Waals surface area (Å²) in [5, 5.41) is 0. The number of ether oxygens (including phenoxy) is 2. The molecule has 5 heteroatoms. The molecule has 0 unspecified atom stereocenters. The molecule has 144 valence electrons. The lowest BCUT2D eigenvalue weighted by atomic mass is 9.91. The third-order valence-corrected chi connectivity index (χ3v) is 3.28. The number of nitrogens with two attached hydrogens (primary N) is 1. The zero-order valence-electron chi connectivity index (χ0n) is 16.7. The van der Waals surface area contributed by atoms with E-state index in [-0.39, 0.29) is 12.8 Å². The van der Waals surface area contributed by atoms with Crippen molar-refractivity contribution in [1.29, 1.82) is 0 Å². The number of carbonyl (C=O) groups excluding carboxylic acids is 2. The van der Waals surface area contributed by atoms with E-state index in [0.29, 0.717) is 0 Å². The summed E-state index contributed by atoms with van der Waals surface area (Å²) < 4.78 is 10.8. The molecular weight excluding hydrogens is 330 g/mol. The highest BCUT2D eigenvalue weighted by Crippen LogP contribution is 2.22. The summed E-state index contributed by atoms with van der Waals surface area (Å²) in [5.41, 5.74) is 4.46. The van der Waals surface area contributed by atoms with Gasteiger partial charge in [0, 0.05) is 0 Å². The number of rotatable bonds is 6. The average molecular weight is 361 g/mol. The van der Waals surface area contributed by atoms with E-state index in [1.54, 1.807) is 47.6 Å². The van der Waals surface area contributed by atoms with Crippen LogP contribution in [-0.4, -0.2) is 28.7 Å². The van der Waals surface area contributed by atoms with Crippen LogP contribution >= 0.6 is 0 Å². The topological polar surface area (TPSA) is 78.6 Å². The van der Waals surface area contributed by atoms with Gasteiger partial charge in [-0.25, -0.2) is 0 Å². The minimum Gasteiger partial charge on any atom is -0.460 e. The second kappa shape index (κ2) is 8.49. The SMILES string of the molecule is CC(C)(C)OC(=O)C[C@](N)(C/C=C/c1ccccc1)C(=O)OC(C)(C)C. The Balaban J connectivity index is 2.94. The standard InChI is InChI=1S/C21H31NO4/c1-19(2,3)25-17(23)15-21(22,18(24)26-20(4,5)6)14-10-13-16-11-8-7-9-12-16/h7-13H,14-15,22H2,1-6H3/b13-10+/t21-/m1/s1. The summed E-state index contributed by atoms with van der Waals surface area (Å²) >= 11 is 0. The van der Waals surface area contributed by atoms with Gasteiger partial charge in [0.15, 0.2) is 0 Å². The molecule has 0 aliphatic heterocycles. The molecule has 2 N–H and O–H groups in total. The maximum absolute atomic E-state index is 12.6. The number of esters is 2. The van der Waals surface area contributed by atoms with Crippen molar-refractivity contribution in [2.75, 3.05) is 0 Å². The van der Waals surface area contributed by atoms with Gasteiger partial charge in [-0.05, 0) is 53.5 Å². The van der Waals surface area contributed by atoms with Crippen molar-refractivity contribution in [3.05, 3.63) is 42.0 Å². The Labute approximate surface area is 156 Å². The lowest BCUT2D eigenvalue weighted by Crippen LogP contribution is -2.52. The molecule has 0 aliphatic carbocycles. The first kappa shape index (κ1) is 21.9. The minimum absolute atomic E-state index is 0.163. The van der Waals surface area contributed by atoms with Gasteiger partial charge in [-0.2, -0.15) is 0 Å². The van der Waals surface area contributed by atoms with E-state index in [0.717, 1.165) is 5.56 Å². The van der Waals surface area contributed by atoms with Crippen molar-refractivity contribution in [1.82, 2.24) is 0 Å². The fraction of sp³-hybridized carbons (Fsp3) is 0.524. The minimum atomic E-state index is -1.49. The normalized spacial score (nSPS) is 14.7. The Bertz CT molecular complexity index is 638. The lowest BCUT2D eigenvalue weighted by molar-refractivity contribution is -0.168. The molecule has 0 spiro atoms. The Morgan fingerprint density at radius 1 is 0.962 bits per heavy atom. The first-order valence-corrected chi connectivity index (χ1v) is 8.77. The van der Waals surface area contributed by atoms with Crippen LogP contribution in [0.5, 0.6) is 0 Å². The molecule has 0 heterocycles. The largest absolute Gasteiger partial charge is 0.460 e. The first-order chi connectivity index (χ1) is 11.8. The van der Waals surface area contributed by atoms with Gasteiger partial charge in [0.2, 0.25) is 0 Å². The molecule has 0 amide bonds. The summed E-state index contributed by atoms with van der Waals surface area (Å²) in [4.78, 5) is 24.9. The van der Waals surface area contributed by atoms with Gasteiger partial charge >= 0.3 is 11.9 Å². The molecule has 0 aromatic heterocycles. The Hall–Kier alpha value is -2.14. The summed E-state index contributed by atoms with van der Waals surface area (Å²) in [6.45, 7) is 10.6. The lowest BCUT2D eigenvalue weighted by Gasteiger charge is -2.31. The van der Waals surface area contributed by atoms with Crippen molar-refractivity contribution in [3.8, 4) is 0 Å². The number of hydrogen-bond acceptors (Lipinski definition) is 5. The van der Waals surface area contributed by atoms with E-state index in [1.807, 2.05) is 36.4 Å². The summed E-state index contributed by atoms with van der Waals surface area (Å²) in [5.74, 6) is -1.15. The van der Waals surface area contributed by atoms with Crippen molar-refractivity contribution in [3.63, 3.8) is 0 Å². The van der Waals surface area contributed by atoms with Gasteiger partial charge < -0.3 is 15.2 Å². The quantitative estimate of drug-likeness (QED) is 0.778. The van der Waals surface area contributed by atoms with Crippen LogP contribution in [0, 0.1) is 0 Å². The molecule has 1 atom stereocenters. The van der Waals surface area contributed by atoms with Crippen molar-refractivity contribution < 1.29 is 19.1 Å². The molecule has 1 rings (SSSR count). The molecule has 0 saturated carbocycles. The Morgan fingerprint density at radius 2 is 1.50 bits per heavy atom. The van der Waals surface area contributed by atoms with Gasteiger partial charge in [0.05, 0.1) is 6.42 Å². The maximum atomic E-state index is 12.6. The van der Waals surface area contributed by atoms with E-state index in [4.69, 9.17) is 15.2 Å². The summed E-state index contributed by atoms with van der Waals surface area (Å²) in [6, 6.07) is 9.65. The van der Waals surface area contributed by atoms with Crippen LogP contribution in [0.3, 0.4) is 0 Å². The van der Waals surface area contributed by atoms with Crippen molar-refractivity contribution in [2.24, 2.45) is 5.73 Å². The van der Waals surface area contributed by atoms with Crippen LogP contribution < -0.4 is 5.73 Å². The van der Waals surface area contributed by atoms with Crippen LogP contribution in [0.15, 0.2) is 36.4 Å². The average Bonchev–Trinajstić information content (AvgIpc) is 2.44. The van der Waals surface area contributed by atoms with Gasteiger partial charge in [-0.3, -0.25) is 9.59 Å². The Kier molecular flexibility index (Phi) is 7.16. The van der Waals surface area contributed by atoms with Crippen molar-refractivity contribution >= 4 is 18.0 Å². The smallest absolute Gasteiger partial charge is 0.327 e. The molecule has 26 heavy (non-hydrogen) atoms. The zero-order valence-corrected chi connectivity index (χ0v) is 16.7. The Morgan fingerprint density at radius 3 is 2.00 bits per heavy atom. The van der Waals surface area contributed by atoms with Gasteiger partial charge in [0.1, 0.15) is 16.7 Å². The predicted octanol–water partition coefficient (Wildman–Crippen LogP) is 3.86. The monoisotopic (exact) mass is 361 g/mol. The molecule has 1 aromatic carbocycles. The fourth-order valence-electron chi connectivity index (χ4n) is 2.21. The van der Waals surface area contributed by atoms with Gasteiger partial charge in [0.25, 0.3) is 0 Å². The molecule has 0 radical (unpaired) electrons. The molecule has 0 aliphatic rings. The van der Waals surface area contributed by atoms with Crippen molar-refractivity contribution in [2.45, 2.75) is 71.1 Å². The van der Waals surface area contributed by atoms with E-state index < -0.39 is 28.7 Å². The van der Waals surface area contributed by atoms with Crippen LogP contribution in [0.2, 0.25) is 0 Å². The fourth-order valence-corrected chi connectivity index (χ4v) is 2.21. The third kappa shape index (κ3) is 8.30. The van der Waals surface area contributed by atoms with Gasteiger partial charge in [-0.15, -0.1) is 0 Å². The second-order valence-corrected chi connectivity index (χ2v) is 8.44. The van der Waals surface area contributed by atoms with Crippen LogP contribution in [-0.2, 0) is 19.1 Å². The molecule has 1 aromatic rings. The van der Waals surface area contributed by atoms with E-state index in [1.165, 1.54) is 0 Å². The third-order valence-electron chi connectivity index (χ3n) is 3.28. The highest BCUT2D eigenvalue weighted by atomic mass is 16.6. The highest BCUT2D eigenvalue weighted by Gasteiger charge is 2.40. The number of carbonyl (C=O) groups is 2. The molecule has 0 fully saturated rings. The first-order valence-electron chi connectivity index (χ1n) is 8.77. The van der Waals surface area contributed by atoms with Crippen LogP contribution in [0.1, 0.15) is 59.9 Å². The molecule has 0 saturated heterocycles. The van der Waals surface area contributed by atoms with Gasteiger partial charge in [-0.1, -0.05) is 42.5 Å². The van der Waals surface area contributed by atoms with E-state index >= 15 is 0 Å². The molecular formula is C21H31NO4. The number of hydrogen-bond donors (Lipinski definition) is 1. The molecule has 0 bridgehead atoms. The molecule has 5 nitrogen and oxygen atoms in total. The van der Waals surface area contributed by atoms with E-state index in [9.17, 15) is 9.59 Å². The summed E-state index contributed by atoms with van der Waals surface area (Å²) in [6.07, 6.45) is 3.55.